The number of benzene rings is 2. The first-order valence-electron chi connectivity index (χ1n) is 9.45. The van der Waals surface area contributed by atoms with Crippen LogP contribution in [-0.2, 0) is 9.53 Å². The summed E-state index contributed by atoms with van der Waals surface area (Å²) in [6.07, 6.45) is 2.91. The maximum atomic E-state index is 11.7. The second-order valence-corrected chi connectivity index (χ2v) is 6.33. The molecule has 2 aromatic rings. The van der Waals surface area contributed by atoms with Crippen molar-refractivity contribution < 1.29 is 33.6 Å². The maximum Gasteiger partial charge on any atom is 0.513 e. The minimum absolute atomic E-state index is 0. The highest BCUT2D eigenvalue weighted by atomic mass is 35.5. The first-order chi connectivity index (χ1) is 14.9. The van der Waals surface area contributed by atoms with E-state index < -0.39 is 24.7 Å². The number of aliphatic hydroxyl groups excluding tert-OH is 1. The third kappa shape index (κ3) is 8.84. The number of carbonyl (C=O) groups excluding carboxylic acids is 2. The first kappa shape index (κ1) is 26.8. The topological polar surface area (TPSA) is 129 Å². The van der Waals surface area contributed by atoms with Gasteiger partial charge in [-0.15, -0.1) is 12.4 Å². The molecule has 0 radical (unpaired) electrons. The van der Waals surface area contributed by atoms with Gasteiger partial charge in [0.05, 0.1) is 27.4 Å². The van der Waals surface area contributed by atoms with Crippen LogP contribution in [0.4, 0.5) is 4.79 Å². The van der Waals surface area contributed by atoms with Crippen molar-refractivity contribution in [2.24, 2.45) is 5.73 Å². The van der Waals surface area contributed by atoms with Crippen LogP contribution in [0.15, 0.2) is 42.5 Å². The third-order valence-corrected chi connectivity index (χ3v) is 4.08. The molecule has 0 spiro atoms. The predicted molar refractivity (Wildman–Crippen MR) is 122 cm³/mol. The van der Waals surface area contributed by atoms with Crippen LogP contribution >= 0.6 is 12.4 Å². The van der Waals surface area contributed by atoms with E-state index in [1.165, 1.54) is 0 Å². The molecule has 32 heavy (non-hydrogen) atoms. The molecule has 0 heterocycles. The Morgan fingerprint density at radius 2 is 1.59 bits per heavy atom. The Morgan fingerprint density at radius 3 is 2.16 bits per heavy atom. The molecule has 2 aromatic carbocycles. The van der Waals surface area contributed by atoms with Gasteiger partial charge in [0, 0.05) is 6.07 Å². The number of carbonyl (C=O) groups is 2. The average molecular weight is 467 g/mol. The quantitative estimate of drug-likeness (QED) is 0.210. The molecule has 0 bridgehead atoms. The summed E-state index contributed by atoms with van der Waals surface area (Å²) in [6, 6.07) is 11.4. The average Bonchev–Trinajstić information content (AvgIpc) is 2.80. The van der Waals surface area contributed by atoms with Crippen molar-refractivity contribution in [2.75, 3.05) is 34.0 Å². The minimum Gasteiger partial charge on any atom is -0.497 e. The molecular formula is C22H27ClN2O7. The second kappa shape index (κ2) is 13.9. The normalized spacial score (nSPS) is 11.2. The van der Waals surface area contributed by atoms with Crippen molar-refractivity contribution in [2.45, 2.75) is 6.04 Å². The van der Waals surface area contributed by atoms with Gasteiger partial charge in [0.1, 0.15) is 29.9 Å². The lowest BCUT2D eigenvalue weighted by Gasteiger charge is -2.10. The zero-order valence-corrected chi connectivity index (χ0v) is 18.6. The molecule has 10 heteroatoms. The van der Waals surface area contributed by atoms with E-state index in [0.29, 0.717) is 17.2 Å². The van der Waals surface area contributed by atoms with Gasteiger partial charge in [-0.1, -0.05) is 24.3 Å². The number of rotatable bonds is 10. The lowest BCUT2D eigenvalue weighted by atomic mass is 10.1. The summed E-state index contributed by atoms with van der Waals surface area (Å²) in [4.78, 5) is 23.1. The van der Waals surface area contributed by atoms with Crippen LogP contribution in [0, 0.1) is 0 Å². The lowest BCUT2D eigenvalue weighted by Crippen LogP contribution is -2.44. The first-order valence-corrected chi connectivity index (χ1v) is 9.45. The fourth-order valence-corrected chi connectivity index (χ4v) is 2.41. The Labute approximate surface area is 192 Å². The summed E-state index contributed by atoms with van der Waals surface area (Å²) >= 11 is 0. The third-order valence-electron chi connectivity index (χ3n) is 4.08. The summed E-state index contributed by atoms with van der Waals surface area (Å²) in [7, 11) is 3.18. The largest absolute Gasteiger partial charge is 0.513 e. The van der Waals surface area contributed by atoms with Crippen LogP contribution in [0.3, 0.4) is 0 Å². The van der Waals surface area contributed by atoms with E-state index in [9.17, 15) is 9.59 Å². The Hall–Kier alpha value is -3.27. The van der Waals surface area contributed by atoms with E-state index in [-0.39, 0.29) is 25.6 Å². The number of methoxy groups -OCH3 is 2. The van der Waals surface area contributed by atoms with Crippen molar-refractivity contribution in [1.82, 2.24) is 5.32 Å². The van der Waals surface area contributed by atoms with Crippen LogP contribution < -0.4 is 25.3 Å². The molecule has 9 nitrogen and oxygen atoms in total. The van der Waals surface area contributed by atoms with Crippen LogP contribution in [0.1, 0.15) is 11.1 Å². The smallest absolute Gasteiger partial charge is 0.497 e. The maximum absolute atomic E-state index is 11.7. The van der Waals surface area contributed by atoms with Gasteiger partial charge in [-0.3, -0.25) is 4.79 Å². The molecule has 0 aromatic heterocycles. The number of halogens is 1. The number of ether oxygens (including phenoxy) is 4. The summed E-state index contributed by atoms with van der Waals surface area (Å²) in [5.41, 5.74) is 7.15. The molecule has 1 atom stereocenters. The second-order valence-electron chi connectivity index (χ2n) is 6.33. The zero-order chi connectivity index (χ0) is 22.6. The van der Waals surface area contributed by atoms with Crippen molar-refractivity contribution in [3.8, 4) is 17.2 Å². The van der Waals surface area contributed by atoms with Crippen molar-refractivity contribution in [3.05, 3.63) is 53.6 Å². The van der Waals surface area contributed by atoms with E-state index in [0.717, 1.165) is 11.1 Å². The summed E-state index contributed by atoms with van der Waals surface area (Å²) in [6.45, 7) is -0.498. The van der Waals surface area contributed by atoms with Gasteiger partial charge in [0.25, 0.3) is 0 Å². The van der Waals surface area contributed by atoms with Gasteiger partial charge in [-0.05, 0) is 35.4 Å². The molecule has 2 rings (SSSR count). The molecule has 0 aliphatic rings. The van der Waals surface area contributed by atoms with Gasteiger partial charge in [-0.2, -0.15) is 0 Å². The summed E-state index contributed by atoms with van der Waals surface area (Å²) in [5.74, 6) is 1.17. The standard InChI is InChI=1S/C22H26N2O7.ClH/c1-28-18-11-16(12-19(13-18)29-2)4-3-15-5-7-17(8-6-15)31-22(27)30-10-9-24-21(26)20(23)14-25;/h3-8,11-13,20,25H,9-10,14,23H2,1-2H3,(H,24,26);1H. The van der Waals surface area contributed by atoms with E-state index in [1.54, 1.807) is 44.6 Å². The van der Waals surface area contributed by atoms with E-state index >= 15 is 0 Å². The SMILES string of the molecule is COc1cc(C=Cc2ccc(OC(=O)OCCNC(=O)C(N)CO)cc2)cc(OC)c1.Cl. The number of hydrogen-bond acceptors (Lipinski definition) is 8. The van der Waals surface area contributed by atoms with Gasteiger partial charge >= 0.3 is 6.16 Å². The zero-order valence-electron chi connectivity index (χ0n) is 17.8. The van der Waals surface area contributed by atoms with Crippen LogP contribution in [0.25, 0.3) is 12.2 Å². The number of nitrogens with two attached hydrogens (primary N) is 1. The molecule has 0 saturated heterocycles. The lowest BCUT2D eigenvalue weighted by molar-refractivity contribution is -0.123. The fourth-order valence-electron chi connectivity index (χ4n) is 2.41. The van der Waals surface area contributed by atoms with E-state index in [2.05, 4.69) is 5.32 Å². The van der Waals surface area contributed by atoms with Crippen molar-refractivity contribution in [3.63, 3.8) is 0 Å². The number of aliphatic hydroxyl groups is 1. The monoisotopic (exact) mass is 466 g/mol. The van der Waals surface area contributed by atoms with Crippen molar-refractivity contribution >= 4 is 36.6 Å². The molecule has 174 valence electrons. The van der Waals surface area contributed by atoms with Gasteiger partial charge in [0.15, 0.2) is 0 Å². The molecule has 1 amide bonds. The summed E-state index contributed by atoms with van der Waals surface area (Å²) in [5, 5.41) is 11.2. The van der Waals surface area contributed by atoms with Gasteiger partial charge in [-0.25, -0.2) is 4.79 Å². The number of hydrogen-bond donors (Lipinski definition) is 3. The highest BCUT2D eigenvalue weighted by Crippen LogP contribution is 2.24. The Bertz CT molecular complexity index is 881. The minimum atomic E-state index is -1.01. The number of amides is 1. The molecule has 0 aliphatic carbocycles. The van der Waals surface area contributed by atoms with Crippen LogP contribution in [-0.4, -0.2) is 57.2 Å². The molecule has 1 unspecified atom stereocenters. The Morgan fingerprint density at radius 1 is 1.00 bits per heavy atom. The summed E-state index contributed by atoms with van der Waals surface area (Å²) < 4.78 is 20.5. The molecule has 4 N–H and O–H groups in total. The van der Waals surface area contributed by atoms with Crippen LogP contribution in [0.2, 0.25) is 0 Å². The van der Waals surface area contributed by atoms with E-state index in [4.69, 9.17) is 29.8 Å². The molecule has 0 saturated carbocycles. The van der Waals surface area contributed by atoms with Gasteiger partial charge < -0.3 is 35.1 Å². The van der Waals surface area contributed by atoms with E-state index in [1.807, 2.05) is 24.3 Å². The highest BCUT2D eigenvalue weighted by molar-refractivity contribution is 5.85. The molecule has 0 aliphatic heterocycles. The Balaban J connectivity index is 0.00000512. The molecule has 0 fully saturated rings. The van der Waals surface area contributed by atoms with Crippen molar-refractivity contribution in [1.29, 1.82) is 0 Å². The number of nitrogens with one attached hydrogen (secondary N) is 1. The molecular weight excluding hydrogens is 440 g/mol. The van der Waals surface area contributed by atoms with Gasteiger partial charge in [0.2, 0.25) is 5.91 Å². The predicted octanol–water partition coefficient (Wildman–Crippen LogP) is 2.25. The fraction of sp³-hybridized carbons (Fsp3) is 0.273. The van der Waals surface area contributed by atoms with Crippen LogP contribution in [0.5, 0.6) is 17.2 Å². The Kier molecular flexibility index (Phi) is 11.6. The highest BCUT2D eigenvalue weighted by Gasteiger charge is 2.11.